The molecule has 4 saturated heterocycles. The van der Waals surface area contributed by atoms with Crippen molar-refractivity contribution < 1.29 is 19.2 Å². The van der Waals surface area contributed by atoms with E-state index in [1.54, 1.807) is 0 Å². The first-order valence-electron chi connectivity index (χ1n) is 9.76. The van der Waals surface area contributed by atoms with Crippen molar-refractivity contribution in [3.05, 3.63) is 24.0 Å². The van der Waals surface area contributed by atoms with Crippen LogP contribution in [0.5, 0.6) is 0 Å². The summed E-state index contributed by atoms with van der Waals surface area (Å²) >= 11 is 0. The summed E-state index contributed by atoms with van der Waals surface area (Å²) in [6, 6.07) is 4.25. The molecule has 4 aliphatic heterocycles. The smallest absolute Gasteiger partial charge is 0.201 e. The number of rotatable bonds is 1. The Hall–Kier alpha value is -0.880. The zero-order valence-electron chi connectivity index (χ0n) is 15.6. The molecule has 1 aromatic rings. The maximum Gasteiger partial charge on any atom is 0.201 e. The summed E-state index contributed by atoms with van der Waals surface area (Å²) in [6.07, 6.45) is 6.08. The third-order valence-corrected chi connectivity index (χ3v) is 7.43. The molecule has 1 aromatic heterocycles. The Morgan fingerprint density at radius 3 is 2.72 bits per heavy atom. The molecule has 5 heterocycles. The summed E-state index contributed by atoms with van der Waals surface area (Å²) in [7, 11) is 2.09. The lowest BCUT2D eigenvalue weighted by Gasteiger charge is -2.60. The summed E-state index contributed by atoms with van der Waals surface area (Å²) in [5, 5.41) is 0. The van der Waals surface area contributed by atoms with Gasteiger partial charge in [0.15, 0.2) is 11.9 Å². The Morgan fingerprint density at radius 1 is 1.12 bits per heavy atom. The van der Waals surface area contributed by atoms with Crippen molar-refractivity contribution in [2.24, 2.45) is 30.7 Å². The van der Waals surface area contributed by atoms with Gasteiger partial charge < -0.3 is 14.0 Å². The van der Waals surface area contributed by atoms with Crippen molar-refractivity contribution in [1.29, 1.82) is 0 Å². The number of hydrogen-bond donors (Lipinski definition) is 0. The number of ether oxygens (including phenoxy) is 2. The number of fused-ring (bicyclic) bond motifs is 2. The van der Waals surface area contributed by atoms with E-state index < -0.39 is 11.4 Å². The third-order valence-electron chi connectivity index (χ3n) is 7.43. The molecule has 5 nitrogen and oxygen atoms in total. The van der Waals surface area contributed by atoms with E-state index >= 15 is 0 Å². The molecule has 2 bridgehead atoms. The minimum Gasteiger partial charge on any atom is -0.352 e. The van der Waals surface area contributed by atoms with Crippen LogP contribution in [0.4, 0.5) is 0 Å². The molecule has 1 aliphatic carbocycles. The summed E-state index contributed by atoms with van der Waals surface area (Å²) < 4.78 is 15.2. The molecule has 138 valence electrons. The third kappa shape index (κ3) is 2.10. The summed E-state index contributed by atoms with van der Waals surface area (Å²) in [5.41, 5.74) is 0.752. The first-order chi connectivity index (χ1) is 11.9. The molecule has 5 aliphatic rings. The lowest BCUT2D eigenvalue weighted by Crippen LogP contribution is -2.69. The first kappa shape index (κ1) is 16.3. The van der Waals surface area contributed by atoms with Crippen molar-refractivity contribution in [2.75, 3.05) is 0 Å². The van der Waals surface area contributed by atoms with Gasteiger partial charge in [-0.05, 0) is 56.1 Å². The van der Waals surface area contributed by atoms with E-state index in [-0.39, 0.29) is 12.4 Å². The predicted octanol–water partition coefficient (Wildman–Crippen LogP) is 3.95. The highest BCUT2D eigenvalue weighted by molar-refractivity contribution is 5.17. The number of nitrogens with zero attached hydrogens (tertiary/aromatic N) is 1. The molecular weight excluding hydrogens is 318 g/mol. The average Bonchev–Trinajstić information content (AvgIpc) is 2.87. The van der Waals surface area contributed by atoms with Crippen molar-refractivity contribution in [3.8, 4) is 0 Å². The molecule has 6 rings (SSSR count). The van der Waals surface area contributed by atoms with Crippen LogP contribution in [0.1, 0.15) is 58.3 Å². The largest absolute Gasteiger partial charge is 0.352 e. The highest BCUT2D eigenvalue weighted by atomic mass is 17.3. The van der Waals surface area contributed by atoms with Gasteiger partial charge >= 0.3 is 0 Å². The van der Waals surface area contributed by atoms with Gasteiger partial charge in [0.05, 0.1) is 0 Å². The van der Waals surface area contributed by atoms with E-state index in [0.717, 1.165) is 19.3 Å². The van der Waals surface area contributed by atoms with Crippen LogP contribution in [0.3, 0.4) is 0 Å². The van der Waals surface area contributed by atoms with E-state index in [9.17, 15) is 0 Å². The molecular formula is C20H29NO4. The standard InChI is InChI=1S/C20H29NO4/c1-12-7-8-15-13(2)17(16-6-5-11-21(16)4)22-18-20(15)14(12)9-10-19(3,23-18)24-25-20/h5-6,11-15,17-18H,7-10H2,1-4H3/t12-,13-,14+,15+,17?,18-,19+,20-/m1/s1. The van der Waals surface area contributed by atoms with Gasteiger partial charge in [0.1, 0.15) is 6.10 Å². The van der Waals surface area contributed by atoms with Gasteiger partial charge in [0, 0.05) is 31.3 Å². The Bertz CT molecular complexity index is 674. The Balaban J connectivity index is 1.60. The molecule has 1 spiro atoms. The van der Waals surface area contributed by atoms with Gasteiger partial charge in [-0.15, -0.1) is 0 Å². The van der Waals surface area contributed by atoms with Crippen molar-refractivity contribution >= 4 is 0 Å². The fourth-order valence-corrected chi connectivity index (χ4v) is 6.01. The molecule has 25 heavy (non-hydrogen) atoms. The fourth-order valence-electron chi connectivity index (χ4n) is 6.01. The van der Waals surface area contributed by atoms with Crippen molar-refractivity contribution in [3.63, 3.8) is 0 Å². The van der Waals surface area contributed by atoms with Crippen molar-refractivity contribution in [1.82, 2.24) is 4.57 Å². The van der Waals surface area contributed by atoms with Crippen molar-refractivity contribution in [2.45, 2.75) is 70.2 Å². The Labute approximate surface area is 149 Å². The monoisotopic (exact) mass is 347 g/mol. The Kier molecular flexibility index (Phi) is 3.47. The molecule has 0 radical (unpaired) electrons. The molecule has 1 saturated carbocycles. The second-order valence-electron chi connectivity index (χ2n) is 8.87. The lowest BCUT2D eigenvalue weighted by molar-refractivity contribution is -0.571. The first-order valence-corrected chi connectivity index (χ1v) is 9.76. The molecule has 8 atom stereocenters. The van der Waals surface area contributed by atoms with E-state index in [1.807, 2.05) is 6.92 Å². The minimum atomic E-state index is -0.698. The summed E-state index contributed by atoms with van der Waals surface area (Å²) in [6.45, 7) is 6.64. The SMILES string of the molecule is C[C@@H]1CC[C@H]2[C@@H](C)C(c3cccn3C)O[C@@H]3O[C@]4(C)CC[C@@H]1[C@]32OO4. The zero-order chi connectivity index (χ0) is 17.4. The van der Waals surface area contributed by atoms with Gasteiger partial charge in [-0.1, -0.05) is 13.8 Å². The van der Waals surface area contributed by atoms with Crippen LogP contribution in [0, 0.1) is 23.7 Å². The van der Waals surface area contributed by atoms with Gasteiger partial charge in [-0.25, -0.2) is 9.78 Å². The minimum absolute atomic E-state index is 0.0289. The van der Waals surface area contributed by atoms with Crippen LogP contribution in [0.15, 0.2) is 18.3 Å². The predicted molar refractivity (Wildman–Crippen MR) is 91.2 cm³/mol. The fraction of sp³-hybridized carbons (Fsp3) is 0.800. The van der Waals surface area contributed by atoms with Crippen LogP contribution in [-0.2, 0) is 26.3 Å². The van der Waals surface area contributed by atoms with Crippen LogP contribution in [0.25, 0.3) is 0 Å². The number of aromatic nitrogens is 1. The average molecular weight is 347 g/mol. The second kappa shape index (κ2) is 5.32. The summed E-state index contributed by atoms with van der Waals surface area (Å²) in [5.74, 6) is 1.08. The van der Waals surface area contributed by atoms with Gasteiger partial charge in [-0.2, -0.15) is 0 Å². The Morgan fingerprint density at radius 2 is 1.96 bits per heavy atom. The molecule has 1 unspecified atom stereocenters. The second-order valence-corrected chi connectivity index (χ2v) is 8.87. The van der Waals surface area contributed by atoms with Crippen LogP contribution in [0.2, 0.25) is 0 Å². The van der Waals surface area contributed by atoms with Crippen LogP contribution >= 0.6 is 0 Å². The van der Waals surface area contributed by atoms with E-state index in [1.165, 1.54) is 12.1 Å². The van der Waals surface area contributed by atoms with E-state index in [2.05, 4.69) is 43.8 Å². The highest BCUT2D eigenvalue weighted by Gasteiger charge is 2.69. The molecule has 0 aromatic carbocycles. The van der Waals surface area contributed by atoms with Crippen LogP contribution < -0.4 is 0 Å². The summed E-state index contributed by atoms with van der Waals surface area (Å²) in [4.78, 5) is 12.1. The number of aryl methyl sites for hydroxylation is 1. The zero-order valence-corrected chi connectivity index (χ0v) is 15.6. The topological polar surface area (TPSA) is 41.9 Å². The van der Waals surface area contributed by atoms with E-state index in [0.29, 0.717) is 23.7 Å². The van der Waals surface area contributed by atoms with Crippen LogP contribution in [-0.4, -0.2) is 22.2 Å². The number of hydrogen-bond acceptors (Lipinski definition) is 4. The van der Waals surface area contributed by atoms with Gasteiger partial charge in [0.25, 0.3) is 0 Å². The molecule has 5 heteroatoms. The normalized spacial score (nSPS) is 51.8. The maximum absolute atomic E-state index is 6.63. The van der Waals surface area contributed by atoms with E-state index in [4.69, 9.17) is 19.2 Å². The highest BCUT2D eigenvalue weighted by Crippen LogP contribution is 2.62. The quantitative estimate of drug-likeness (QED) is 0.722. The lowest BCUT2D eigenvalue weighted by atomic mass is 9.57. The molecule has 0 amide bonds. The van der Waals surface area contributed by atoms with Gasteiger partial charge in [-0.3, -0.25) is 0 Å². The molecule has 0 N–H and O–H groups in total. The van der Waals surface area contributed by atoms with Gasteiger partial charge in [0.2, 0.25) is 5.79 Å². The maximum atomic E-state index is 6.63. The molecule has 5 fully saturated rings.